The molecule has 0 bridgehead atoms. The lowest BCUT2D eigenvalue weighted by Gasteiger charge is -2.16. The second-order valence-electron chi connectivity index (χ2n) is 8.42. The fourth-order valence-electron chi connectivity index (χ4n) is 3.93. The SMILES string of the molecule is Cc1ccc(CSc2nnc3c(n2)O[C@H](c2ccc(-c4ccc(F)cc4)o2)Nc2ccccc2-3)cc1. The second kappa shape index (κ2) is 9.47. The maximum Gasteiger partial charge on any atom is 0.247 e. The number of thioether (sulfide) groups is 1. The van der Waals surface area contributed by atoms with E-state index < -0.39 is 6.23 Å². The van der Waals surface area contributed by atoms with Crippen LogP contribution in [0.25, 0.3) is 22.6 Å². The summed E-state index contributed by atoms with van der Waals surface area (Å²) in [5.74, 6) is 1.97. The molecule has 0 saturated heterocycles. The minimum absolute atomic E-state index is 0.296. The van der Waals surface area contributed by atoms with Crippen molar-refractivity contribution in [1.29, 1.82) is 0 Å². The Hall–Kier alpha value is -4.17. The molecule has 0 aliphatic carbocycles. The van der Waals surface area contributed by atoms with Crippen molar-refractivity contribution in [3.63, 3.8) is 0 Å². The normalized spacial score (nSPS) is 14.2. The topological polar surface area (TPSA) is 73.1 Å². The van der Waals surface area contributed by atoms with Gasteiger partial charge in [-0.1, -0.05) is 59.8 Å². The van der Waals surface area contributed by atoms with Crippen LogP contribution in [-0.4, -0.2) is 15.2 Å². The average molecular weight is 497 g/mol. The van der Waals surface area contributed by atoms with Crippen LogP contribution in [0.5, 0.6) is 5.88 Å². The largest absolute Gasteiger partial charge is 0.455 e. The molecule has 5 aromatic rings. The van der Waals surface area contributed by atoms with E-state index in [1.54, 1.807) is 12.1 Å². The highest BCUT2D eigenvalue weighted by Crippen LogP contribution is 2.40. The van der Waals surface area contributed by atoms with E-state index in [-0.39, 0.29) is 5.82 Å². The molecular formula is C28H21FN4O2S. The fourth-order valence-corrected chi connectivity index (χ4v) is 4.67. The van der Waals surface area contributed by atoms with Crippen LogP contribution in [0, 0.1) is 12.7 Å². The number of nitrogens with zero attached hydrogens (tertiary/aromatic N) is 3. The number of ether oxygens (including phenoxy) is 1. The van der Waals surface area contributed by atoms with Crippen LogP contribution in [0.4, 0.5) is 10.1 Å². The third-order valence-electron chi connectivity index (χ3n) is 5.84. The van der Waals surface area contributed by atoms with Gasteiger partial charge in [0.1, 0.15) is 11.6 Å². The summed E-state index contributed by atoms with van der Waals surface area (Å²) < 4.78 is 25.8. The van der Waals surface area contributed by atoms with E-state index in [0.29, 0.717) is 28.3 Å². The van der Waals surface area contributed by atoms with Gasteiger partial charge in [-0.25, -0.2) is 4.39 Å². The number of hydrogen-bond donors (Lipinski definition) is 1. The van der Waals surface area contributed by atoms with Crippen molar-refractivity contribution in [3.8, 4) is 28.5 Å². The molecule has 3 heterocycles. The standard InChI is InChI=1S/C28H21FN4O2S/c1-17-6-8-18(9-7-17)16-36-28-31-27-25(32-33-28)21-4-2-3-5-22(21)30-26(35-27)24-15-14-23(34-24)19-10-12-20(29)13-11-19/h2-15,26,30H,16H2,1H3/t26-/m1/s1. The summed E-state index contributed by atoms with van der Waals surface area (Å²) in [4.78, 5) is 4.70. The Morgan fingerprint density at radius 3 is 2.56 bits per heavy atom. The van der Waals surface area contributed by atoms with Gasteiger partial charge in [-0.2, -0.15) is 4.98 Å². The highest BCUT2D eigenvalue weighted by Gasteiger charge is 2.28. The number of aryl methyl sites for hydroxylation is 1. The van der Waals surface area contributed by atoms with Crippen LogP contribution in [0.1, 0.15) is 23.1 Å². The second-order valence-corrected chi connectivity index (χ2v) is 9.36. The van der Waals surface area contributed by atoms with E-state index in [1.807, 2.05) is 36.4 Å². The Morgan fingerprint density at radius 1 is 0.917 bits per heavy atom. The lowest BCUT2D eigenvalue weighted by Crippen LogP contribution is -2.16. The molecule has 36 heavy (non-hydrogen) atoms. The molecule has 6 rings (SSSR count). The first-order chi connectivity index (χ1) is 17.6. The maximum atomic E-state index is 13.3. The van der Waals surface area contributed by atoms with Crippen molar-refractivity contribution in [1.82, 2.24) is 15.2 Å². The molecule has 2 aromatic heterocycles. The monoisotopic (exact) mass is 496 g/mol. The van der Waals surface area contributed by atoms with Crippen LogP contribution >= 0.6 is 11.8 Å². The molecule has 8 heteroatoms. The number of fused-ring (bicyclic) bond motifs is 3. The highest BCUT2D eigenvalue weighted by atomic mass is 32.2. The summed E-state index contributed by atoms with van der Waals surface area (Å²) in [6.45, 7) is 2.07. The van der Waals surface area contributed by atoms with Crippen molar-refractivity contribution in [3.05, 3.63) is 108 Å². The summed E-state index contributed by atoms with van der Waals surface area (Å²) in [5.41, 5.74) is 5.41. The Kier molecular flexibility index (Phi) is 5.87. The van der Waals surface area contributed by atoms with Crippen LogP contribution < -0.4 is 10.1 Å². The van der Waals surface area contributed by atoms with Gasteiger partial charge >= 0.3 is 0 Å². The molecule has 1 N–H and O–H groups in total. The number of nitrogens with one attached hydrogen (secondary N) is 1. The third kappa shape index (κ3) is 4.55. The van der Waals surface area contributed by atoms with Gasteiger partial charge in [0.15, 0.2) is 11.5 Å². The molecule has 0 radical (unpaired) electrons. The van der Waals surface area contributed by atoms with Gasteiger partial charge in [0.2, 0.25) is 17.3 Å². The van der Waals surface area contributed by atoms with Gasteiger partial charge in [0.05, 0.1) is 0 Å². The number of anilines is 1. The van der Waals surface area contributed by atoms with Gasteiger partial charge in [0.25, 0.3) is 0 Å². The van der Waals surface area contributed by atoms with Crippen LogP contribution in [0.3, 0.4) is 0 Å². The fraction of sp³-hybridized carbons (Fsp3) is 0.107. The molecule has 0 amide bonds. The number of para-hydroxylation sites is 1. The number of halogens is 1. The number of furan rings is 1. The zero-order chi connectivity index (χ0) is 24.5. The van der Waals surface area contributed by atoms with Crippen molar-refractivity contribution in [2.75, 3.05) is 5.32 Å². The van der Waals surface area contributed by atoms with Crippen LogP contribution in [0.15, 0.2) is 94.5 Å². The van der Waals surface area contributed by atoms with Gasteiger partial charge in [0, 0.05) is 22.6 Å². The third-order valence-corrected chi connectivity index (χ3v) is 6.74. The van der Waals surface area contributed by atoms with Crippen molar-refractivity contribution < 1.29 is 13.5 Å². The zero-order valence-electron chi connectivity index (χ0n) is 19.3. The molecule has 1 aliphatic rings. The molecule has 6 nitrogen and oxygen atoms in total. The number of benzene rings is 3. The molecule has 0 fully saturated rings. The zero-order valence-corrected chi connectivity index (χ0v) is 20.1. The van der Waals surface area contributed by atoms with E-state index in [1.165, 1.54) is 35.0 Å². The van der Waals surface area contributed by atoms with Crippen molar-refractivity contribution in [2.45, 2.75) is 24.1 Å². The summed E-state index contributed by atoms with van der Waals surface area (Å²) in [5, 5.41) is 12.7. The average Bonchev–Trinajstić information content (AvgIpc) is 3.33. The van der Waals surface area contributed by atoms with Crippen LogP contribution in [-0.2, 0) is 5.75 Å². The molecule has 1 atom stereocenters. The van der Waals surface area contributed by atoms with Gasteiger partial charge in [-0.3, -0.25) is 0 Å². The van der Waals surface area contributed by atoms with Crippen molar-refractivity contribution in [2.24, 2.45) is 0 Å². The first-order valence-corrected chi connectivity index (χ1v) is 12.4. The van der Waals surface area contributed by atoms with E-state index in [4.69, 9.17) is 14.1 Å². The Bertz CT molecular complexity index is 1520. The van der Waals surface area contributed by atoms with Gasteiger partial charge < -0.3 is 14.5 Å². The van der Waals surface area contributed by atoms with E-state index in [2.05, 4.69) is 46.7 Å². The number of rotatable bonds is 5. The van der Waals surface area contributed by atoms with Gasteiger partial charge in [-0.15, -0.1) is 10.2 Å². The molecule has 0 saturated carbocycles. The predicted molar refractivity (Wildman–Crippen MR) is 137 cm³/mol. The van der Waals surface area contributed by atoms with E-state index in [0.717, 1.165) is 22.6 Å². The molecule has 0 spiro atoms. The molecule has 1 aliphatic heterocycles. The lowest BCUT2D eigenvalue weighted by molar-refractivity contribution is 0.196. The van der Waals surface area contributed by atoms with E-state index >= 15 is 0 Å². The smallest absolute Gasteiger partial charge is 0.247 e. The maximum absolute atomic E-state index is 13.3. The summed E-state index contributed by atoms with van der Waals surface area (Å²) in [7, 11) is 0. The molecule has 3 aromatic carbocycles. The highest BCUT2D eigenvalue weighted by molar-refractivity contribution is 7.98. The van der Waals surface area contributed by atoms with Gasteiger partial charge in [-0.05, 0) is 55.0 Å². The Balaban J connectivity index is 1.31. The Morgan fingerprint density at radius 2 is 1.72 bits per heavy atom. The number of aromatic nitrogens is 3. The summed E-state index contributed by atoms with van der Waals surface area (Å²) >= 11 is 1.50. The quantitative estimate of drug-likeness (QED) is 0.262. The molecule has 178 valence electrons. The van der Waals surface area contributed by atoms with E-state index in [9.17, 15) is 4.39 Å². The minimum Gasteiger partial charge on any atom is -0.455 e. The summed E-state index contributed by atoms with van der Waals surface area (Å²) in [6, 6.07) is 26.0. The first-order valence-electron chi connectivity index (χ1n) is 11.4. The molecular weight excluding hydrogens is 475 g/mol. The van der Waals surface area contributed by atoms with Crippen molar-refractivity contribution >= 4 is 17.4 Å². The first kappa shape index (κ1) is 22.3. The predicted octanol–water partition coefficient (Wildman–Crippen LogP) is 7.04. The van der Waals surface area contributed by atoms with Crippen LogP contribution in [0.2, 0.25) is 0 Å². The summed E-state index contributed by atoms with van der Waals surface area (Å²) in [6.07, 6.45) is -0.645. The lowest BCUT2D eigenvalue weighted by atomic mass is 10.1. The number of hydrogen-bond acceptors (Lipinski definition) is 7. The molecule has 0 unspecified atom stereocenters. The Labute approximate surface area is 211 Å². The minimum atomic E-state index is -0.645.